The van der Waals surface area contributed by atoms with E-state index in [4.69, 9.17) is 0 Å². The van der Waals surface area contributed by atoms with Crippen LogP contribution < -0.4 is 5.32 Å². The predicted molar refractivity (Wildman–Crippen MR) is 85.7 cm³/mol. The zero-order valence-electron chi connectivity index (χ0n) is 13.6. The number of nitrogens with one attached hydrogen (secondary N) is 1. The molecule has 0 aromatic rings. The largest absolute Gasteiger partial charge is 0.314 e. The highest BCUT2D eigenvalue weighted by Crippen LogP contribution is 2.17. The summed E-state index contributed by atoms with van der Waals surface area (Å²) in [5, 5.41) is 3.62. The molecular formula is C17H36N2. The van der Waals surface area contributed by atoms with Crippen molar-refractivity contribution in [1.29, 1.82) is 0 Å². The summed E-state index contributed by atoms with van der Waals surface area (Å²) in [6, 6.07) is 0.760. The first kappa shape index (κ1) is 17.0. The van der Waals surface area contributed by atoms with E-state index >= 15 is 0 Å². The van der Waals surface area contributed by atoms with Gasteiger partial charge in [-0.15, -0.1) is 0 Å². The fourth-order valence-corrected chi connectivity index (χ4v) is 3.29. The van der Waals surface area contributed by atoms with E-state index in [-0.39, 0.29) is 0 Å². The van der Waals surface area contributed by atoms with E-state index in [1.54, 1.807) is 0 Å². The Morgan fingerprint density at radius 1 is 1.00 bits per heavy atom. The number of unbranched alkanes of at least 4 members (excludes halogenated alkanes) is 6. The van der Waals surface area contributed by atoms with Crippen LogP contribution in [0.2, 0.25) is 0 Å². The molecule has 0 aliphatic carbocycles. The Labute approximate surface area is 121 Å². The number of likely N-dealkylation sites (tertiary alicyclic amines) is 1. The van der Waals surface area contributed by atoms with Gasteiger partial charge in [-0.05, 0) is 38.4 Å². The summed E-state index contributed by atoms with van der Waals surface area (Å²) in [6.45, 7) is 12.0. The minimum atomic E-state index is 0.760. The second kappa shape index (κ2) is 10.7. The fraction of sp³-hybridized carbons (Fsp3) is 1.00. The first-order valence-corrected chi connectivity index (χ1v) is 8.73. The summed E-state index contributed by atoms with van der Waals surface area (Å²) >= 11 is 0. The third-order valence-electron chi connectivity index (χ3n) is 4.53. The highest BCUT2D eigenvalue weighted by molar-refractivity contribution is 4.82. The minimum absolute atomic E-state index is 0.760. The summed E-state index contributed by atoms with van der Waals surface area (Å²) in [7, 11) is 0. The molecule has 1 N–H and O–H groups in total. The van der Waals surface area contributed by atoms with E-state index in [1.165, 1.54) is 71.0 Å². The molecule has 1 rings (SSSR count). The third-order valence-corrected chi connectivity index (χ3v) is 4.53. The standard InChI is InChI=1S/C17H36N2/c1-4-6-7-8-9-10-11-13-19-14-12-17(18-5-2)16(3)15-19/h16-18H,4-15H2,1-3H3. The average molecular weight is 268 g/mol. The molecule has 0 saturated carbocycles. The summed E-state index contributed by atoms with van der Waals surface area (Å²) in [6.07, 6.45) is 11.3. The lowest BCUT2D eigenvalue weighted by atomic mass is 9.93. The molecule has 2 unspecified atom stereocenters. The molecule has 1 aliphatic rings. The van der Waals surface area contributed by atoms with Crippen molar-refractivity contribution < 1.29 is 0 Å². The molecule has 2 nitrogen and oxygen atoms in total. The van der Waals surface area contributed by atoms with Gasteiger partial charge in [-0.1, -0.05) is 59.3 Å². The van der Waals surface area contributed by atoms with Gasteiger partial charge >= 0.3 is 0 Å². The zero-order valence-corrected chi connectivity index (χ0v) is 13.6. The summed E-state index contributed by atoms with van der Waals surface area (Å²) in [5.74, 6) is 0.818. The lowest BCUT2D eigenvalue weighted by Gasteiger charge is -2.37. The monoisotopic (exact) mass is 268 g/mol. The Morgan fingerprint density at radius 3 is 2.32 bits per heavy atom. The molecule has 2 heteroatoms. The number of hydrogen-bond acceptors (Lipinski definition) is 2. The highest BCUT2D eigenvalue weighted by atomic mass is 15.1. The highest BCUT2D eigenvalue weighted by Gasteiger charge is 2.24. The van der Waals surface area contributed by atoms with Gasteiger partial charge in [0.15, 0.2) is 0 Å². The van der Waals surface area contributed by atoms with Gasteiger partial charge in [0.1, 0.15) is 0 Å². The van der Waals surface area contributed by atoms with Gasteiger partial charge in [0, 0.05) is 12.6 Å². The van der Waals surface area contributed by atoms with Gasteiger partial charge in [-0.25, -0.2) is 0 Å². The maximum atomic E-state index is 3.62. The quantitative estimate of drug-likeness (QED) is 0.601. The van der Waals surface area contributed by atoms with Crippen molar-refractivity contribution in [2.75, 3.05) is 26.2 Å². The fourth-order valence-electron chi connectivity index (χ4n) is 3.29. The van der Waals surface area contributed by atoms with Crippen LogP contribution in [0.25, 0.3) is 0 Å². The number of piperidine rings is 1. The van der Waals surface area contributed by atoms with E-state index in [0.717, 1.165) is 18.5 Å². The number of nitrogens with zero attached hydrogens (tertiary/aromatic N) is 1. The van der Waals surface area contributed by atoms with Crippen LogP contribution in [0.3, 0.4) is 0 Å². The normalized spacial score (nSPS) is 24.8. The molecule has 19 heavy (non-hydrogen) atoms. The van der Waals surface area contributed by atoms with Gasteiger partial charge in [-0.2, -0.15) is 0 Å². The molecule has 0 radical (unpaired) electrons. The number of rotatable bonds is 10. The van der Waals surface area contributed by atoms with Crippen LogP contribution in [0.1, 0.15) is 72.1 Å². The van der Waals surface area contributed by atoms with Crippen molar-refractivity contribution in [2.24, 2.45) is 5.92 Å². The van der Waals surface area contributed by atoms with Gasteiger partial charge in [0.25, 0.3) is 0 Å². The second-order valence-corrected chi connectivity index (χ2v) is 6.35. The van der Waals surface area contributed by atoms with E-state index in [9.17, 15) is 0 Å². The van der Waals surface area contributed by atoms with Crippen LogP contribution in [-0.2, 0) is 0 Å². The van der Waals surface area contributed by atoms with E-state index in [1.807, 2.05) is 0 Å². The smallest absolute Gasteiger partial charge is 0.0117 e. The summed E-state index contributed by atoms with van der Waals surface area (Å²) in [5.41, 5.74) is 0. The average Bonchev–Trinajstić information content (AvgIpc) is 2.41. The van der Waals surface area contributed by atoms with Crippen molar-refractivity contribution in [3.63, 3.8) is 0 Å². The van der Waals surface area contributed by atoms with Gasteiger partial charge < -0.3 is 10.2 Å². The predicted octanol–water partition coefficient (Wildman–Crippen LogP) is 4.06. The Kier molecular flexibility index (Phi) is 9.54. The molecule has 1 saturated heterocycles. The maximum absolute atomic E-state index is 3.62. The third kappa shape index (κ3) is 7.31. The number of hydrogen-bond donors (Lipinski definition) is 1. The topological polar surface area (TPSA) is 15.3 Å². The van der Waals surface area contributed by atoms with Crippen molar-refractivity contribution in [2.45, 2.75) is 78.2 Å². The van der Waals surface area contributed by atoms with Crippen LogP contribution in [0, 0.1) is 5.92 Å². The van der Waals surface area contributed by atoms with Crippen molar-refractivity contribution >= 4 is 0 Å². The molecule has 0 aromatic heterocycles. The van der Waals surface area contributed by atoms with Gasteiger partial charge in [0.05, 0.1) is 0 Å². The lowest BCUT2D eigenvalue weighted by Crippen LogP contribution is -2.48. The van der Waals surface area contributed by atoms with E-state index in [2.05, 4.69) is 31.0 Å². The molecule has 0 bridgehead atoms. The SMILES string of the molecule is CCCCCCCCCN1CCC(NCC)C(C)C1. The first-order valence-electron chi connectivity index (χ1n) is 8.73. The molecule has 1 aliphatic heterocycles. The van der Waals surface area contributed by atoms with E-state index < -0.39 is 0 Å². The molecule has 0 spiro atoms. The lowest BCUT2D eigenvalue weighted by molar-refractivity contribution is 0.146. The first-order chi connectivity index (χ1) is 9.27. The van der Waals surface area contributed by atoms with E-state index in [0.29, 0.717) is 0 Å². The van der Waals surface area contributed by atoms with Crippen molar-refractivity contribution in [3.8, 4) is 0 Å². The Bertz CT molecular complexity index is 205. The molecule has 0 aromatic carbocycles. The minimum Gasteiger partial charge on any atom is -0.314 e. The summed E-state index contributed by atoms with van der Waals surface area (Å²) < 4.78 is 0. The molecular weight excluding hydrogens is 232 g/mol. The molecule has 0 amide bonds. The summed E-state index contributed by atoms with van der Waals surface area (Å²) in [4.78, 5) is 2.69. The van der Waals surface area contributed by atoms with Crippen LogP contribution in [0.5, 0.6) is 0 Å². The zero-order chi connectivity index (χ0) is 13.9. The Morgan fingerprint density at radius 2 is 1.68 bits per heavy atom. The van der Waals surface area contributed by atoms with Crippen molar-refractivity contribution in [3.05, 3.63) is 0 Å². The maximum Gasteiger partial charge on any atom is 0.0117 e. The van der Waals surface area contributed by atoms with Gasteiger partial charge in [0.2, 0.25) is 0 Å². The second-order valence-electron chi connectivity index (χ2n) is 6.35. The molecule has 1 fully saturated rings. The van der Waals surface area contributed by atoms with Crippen LogP contribution in [0.15, 0.2) is 0 Å². The van der Waals surface area contributed by atoms with Gasteiger partial charge in [-0.3, -0.25) is 0 Å². The van der Waals surface area contributed by atoms with Crippen LogP contribution in [-0.4, -0.2) is 37.1 Å². The molecule has 1 heterocycles. The molecule has 114 valence electrons. The Balaban J connectivity index is 1.99. The van der Waals surface area contributed by atoms with Crippen molar-refractivity contribution in [1.82, 2.24) is 10.2 Å². The molecule has 2 atom stereocenters. The van der Waals surface area contributed by atoms with Crippen LogP contribution >= 0.6 is 0 Å². The van der Waals surface area contributed by atoms with Crippen LogP contribution in [0.4, 0.5) is 0 Å². The Hall–Kier alpha value is -0.0800.